The fourth-order valence-corrected chi connectivity index (χ4v) is 1.90. The molecule has 2 aromatic carbocycles. The van der Waals surface area contributed by atoms with Gasteiger partial charge in [0, 0.05) is 17.2 Å². The highest BCUT2D eigenvalue weighted by Crippen LogP contribution is 2.29. The van der Waals surface area contributed by atoms with Crippen LogP contribution in [0.3, 0.4) is 0 Å². The second-order valence-corrected chi connectivity index (χ2v) is 4.57. The molecule has 110 valence electrons. The van der Waals surface area contributed by atoms with E-state index >= 15 is 0 Å². The molecule has 0 fully saturated rings. The van der Waals surface area contributed by atoms with Gasteiger partial charge in [0.25, 0.3) is 0 Å². The summed E-state index contributed by atoms with van der Waals surface area (Å²) in [6.07, 6.45) is 0. The minimum Gasteiger partial charge on any atom is -0.420 e. The summed E-state index contributed by atoms with van der Waals surface area (Å²) in [4.78, 5) is 11.3. The van der Waals surface area contributed by atoms with Gasteiger partial charge in [-0.05, 0) is 41.5 Å². The molecule has 0 aliphatic rings. The molecule has 0 bridgehead atoms. The average molecular weight is 316 g/mol. The van der Waals surface area contributed by atoms with Crippen LogP contribution in [-0.2, 0) is 0 Å². The number of carbonyl (C=O) groups is 1. The SMILES string of the molecule is NC(=O)c1ccc(F)cc1-c1ccc(OC(F)(F)Cl)cc1. The van der Waals surface area contributed by atoms with Crippen molar-refractivity contribution in [3.8, 4) is 16.9 Å². The number of hydrogen-bond donors (Lipinski definition) is 1. The first kappa shape index (κ1) is 15.2. The minimum absolute atomic E-state index is 0.118. The number of amides is 1. The zero-order valence-electron chi connectivity index (χ0n) is 10.4. The number of rotatable bonds is 4. The molecule has 21 heavy (non-hydrogen) atoms. The van der Waals surface area contributed by atoms with Gasteiger partial charge in [0.1, 0.15) is 11.6 Å². The second kappa shape index (κ2) is 5.65. The Morgan fingerprint density at radius 3 is 2.29 bits per heavy atom. The number of ether oxygens (including phenoxy) is 1. The quantitative estimate of drug-likeness (QED) is 0.873. The lowest BCUT2D eigenvalue weighted by Gasteiger charge is -2.12. The summed E-state index contributed by atoms with van der Waals surface area (Å²) in [5.41, 5.74) is 2.19. The summed E-state index contributed by atoms with van der Waals surface area (Å²) >= 11 is 4.65. The van der Waals surface area contributed by atoms with Crippen LogP contribution >= 0.6 is 11.6 Å². The van der Waals surface area contributed by atoms with E-state index < -0.39 is 17.3 Å². The number of hydrogen-bond acceptors (Lipinski definition) is 2. The highest BCUT2D eigenvalue weighted by atomic mass is 35.5. The van der Waals surface area contributed by atoms with Crippen molar-refractivity contribution < 1.29 is 22.7 Å². The van der Waals surface area contributed by atoms with Gasteiger partial charge in [-0.1, -0.05) is 12.1 Å². The van der Waals surface area contributed by atoms with Crippen molar-refractivity contribution in [1.29, 1.82) is 0 Å². The molecule has 1 amide bonds. The van der Waals surface area contributed by atoms with Gasteiger partial charge in [0.15, 0.2) is 0 Å². The predicted molar refractivity (Wildman–Crippen MR) is 71.8 cm³/mol. The molecule has 2 N–H and O–H groups in total. The molecule has 2 rings (SSSR count). The molecule has 0 unspecified atom stereocenters. The zero-order valence-corrected chi connectivity index (χ0v) is 11.2. The molecule has 0 spiro atoms. The van der Waals surface area contributed by atoms with Crippen LogP contribution in [0.4, 0.5) is 13.2 Å². The highest BCUT2D eigenvalue weighted by Gasteiger charge is 2.27. The Morgan fingerprint density at radius 1 is 1.14 bits per heavy atom. The molecule has 0 aromatic heterocycles. The standard InChI is InChI=1S/C14H9ClF3NO2/c15-14(17,18)21-10-4-1-8(2-5-10)12-7-9(16)3-6-11(12)13(19)20/h1-7H,(H2,19,20). The summed E-state index contributed by atoms with van der Waals surface area (Å²) in [5.74, 6) is -1.45. The van der Waals surface area contributed by atoms with E-state index in [0.29, 0.717) is 5.56 Å². The Morgan fingerprint density at radius 2 is 1.76 bits per heavy atom. The number of nitrogens with two attached hydrogens (primary N) is 1. The Labute approximate surface area is 123 Å². The van der Waals surface area contributed by atoms with E-state index in [2.05, 4.69) is 16.3 Å². The van der Waals surface area contributed by atoms with Crippen molar-refractivity contribution in [2.45, 2.75) is 5.57 Å². The number of primary amides is 1. The maximum absolute atomic E-state index is 13.3. The van der Waals surface area contributed by atoms with E-state index in [4.69, 9.17) is 5.73 Å². The van der Waals surface area contributed by atoms with Crippen molar-refractivity contribution in [3.63, 3.8) is 0 Å². The number of halogens is 4. The molecule has 0 aliphatic heterocycles. The Balaban J connectivity index is 2.39. The Hall–Kier alpha value is -2.21. The molecular weight excluding hydrogens is 307 g/mol. The summed E-state index contributed by atoms with van der Waals surface area (Å²) < 4.78 is 42.4. The molecule has 0 saturated heterocycles. The molecule has 0 aliphatic carbocycles. The fourth-order valence-electron chi connectivity index (χ4n) is 1.81. The van der Waals surface area contributed by atoms with Crippen LogP contribution in [0.25, 0.3) is 11.1 Å². The number of benzene rings is 2. The van der Waals surface area contributed by atoms with E-state index in [9.17, 15) is 18.0 Å². The summed E-state index contributed by atoms with van der Waals surface area (Å²) in [6.45, 7) is 0. The highest BCUT2D eigenvalue weighted by molar-refractivity contribution is 6.20. The van der Waals surface area contributed by atoms with E-state index in [1.807, 2.05) is 0 Å². The monoisotopic (exact) mass is 315 g/mol. The van der Waals surface area contributed by atoms with Crippen molar-refractivity contribution in [2.75, 3.05) is 0 Å². The number of alkyl halides is 3. The lowest BCUT2D eigenvalue weighted by molar-refractivity contribution is -0.0964. The average Bonchev–Trinajstić information content (AvgIpc) is 2.37. The largest absolute Gasteiger partial charge is 0.487 e. The molecule has 0 radical (unpaired) electrons. The van der Waals surface area contributed by atoms with Gasteiger partial charge in [0.2, 0.25) is 5.91 Å². The third kappa shape index (κ3) is 3.88. The van der Waals surface area contributed by atoms with Crippen LogP contribution in [0.2, 0.25) is 0 Å². The first-order valence-electron chi connectivity index (χ1n) is 5.72. The number of carbonyl (C=O) groups excluding carboxylic acids is 1. The van der Waals surface area contributed by atoms with Gasteiger partial charge in [-0.3, -0.25) is 4.79 Å². The van der Waals surface area contributed by atoms with Crippen LogP contribution in [-0.4, -0.2) is 11.5 Å². The first-order valence-corrected chi connectivity index (χ1v) is 6.09. The van der Waals surface area contributed by atoms with Crippen LogP contribution < -0.4 is 10.5 Å². The Bertz CT molecular complexity index is 669. The molecule has 7 heteroatoms. The molecule has 0 heterocycles. The second-order valence-electron chi connectivity index (χ2n) is 4.13. The fraction of sp³-hybridized carbons (Fsp3) is 0.0714. The molecular formula is C14H9ClF3NO2. The van der Waals surface area contributed by atoms with Crippen LogP contribution in [0.15, 0.2) is 42.5 Å². The van der Waals surface area contributed by atoms with E-state index in [0.717, 1.165) is 12.1 Å². The van der Waals surface area contributed by atoms with E-state index in [1.54, 1.807) is 0 Å². The predicted octanol–water partition coefficient (Wildman–Crippen LogP) is 3.76. The van der Waals surface area contributed by atoms with Crippen LogP contribution in [0.1, 0.15) is 10.4 Å². The first-order chi connectivity index (χ1) is 9.76. The van der Waals surface area contributed by atoms with Crippen molar-refractivity contribution >= 4 is 17.5 Å². The van der Waals surface area contributed by atoms with Gasteiger partial charge >= 0.3 is 5.57 Å². The van der Waals surface area contributed by atoms with Gasteiger partial charge in [-0.15, -0.1) is 8.78 Å². The van der Waals surface area contributed by atoms with Gasteiger partial charge < -0.3 is 10.5 Å². The molecule has 3 nitrogen and oxygen atoms in total. The topological polar surface area (TPSA) is 52.3 Å². The van der Waals surface area contributed by atoms with Gasteiger partial charge in [-0.2, -0.15) is 0 Å². The molecule has 2 aromatic rings. The third-order valence-corrected chi connectivity index (χ3v) is 2.72. The smallest absolute Gasteiger partial charge is 0.420 e. The molecule has 0 atom stereocenters. The molecule has 0 saturated carbocycles. The van der Waals surface area contributed by atoms with E-state index in [-0.39, 0.29) is 16.9 Å². The maximum atomic E-state index is 13.3. The maximum Gasteiger partial charge on any atom is 0.487 e. The van der Waals surface area contributed by atoms with Gasteiger partial charge in [0.05, 0.1) is 0 Å². The van der Waals surface area contributed by atoms with Crippen LogP contribution in [0, 0.1) is 5.82 Å². The lowest BCUT2D eigenvalue weighted by Crippen LogP contribution is -2.15. The van der Waals surface area contributed by atoms with Crippen molar-refractivity contribution in [2.24, 2.45) is 5.73 Å². The summed E-state index contributed by atoms with van der Waals surface area (Å²) in [5, 5.41) is 0. The summed E-state index contributed by atoms with van der Waals surface area (Å²) in [7, 11) is 0. The lowest BCUT2D eigenvalue weighted by atomic mass is 9.99. The van der Waals surface area contributed by atoms with Gasteiger partial charge in [-0.25, -0.2) is 4.39 Å². The third-order valence-electron chi connectivity index (χ3n) is 2.65. The zero-order chi connectivity index (χ0) is 15.6. The normalized spacial score (nSPS) is 11.2. The van der Waals surface area contributed by atoms with E-state index in [1.165, 1.54) is 30.3 Å². The Kier molecular flexibility index (Phi) is 4.09. The minimum atomic E-state index is -3.82. The summed E-state index contributed by atoms with van der Waals surface area (Å²) in [6, 6.07) is 8.71. The van der Waals surface area contributed by atoms with Crippen LogP contribution in [0.5, 0.6) is 5.75 Å². The van der Waals surface area contributed by atoms with Crippen molar-refractivity contribution in [3.05, 3.63) is 53.8 Å². The van der Waals surface area contributed by atoms with Crippen molar-refractivity contribution in [1.82, 2.24) is 0 Å².